The fourth-order valence-electron chi connectivity index (χ4n) is 1.73. The standard InChI is InChI=1S/C14H20F2N2OS/c1-4-20-6-5-9(2)18-14(19)10-7-11(15)13(17-3)12(16)8-10/h7-9,17H,4-6H2,1-3H3,(H,18,19). The Morgan fingerprint density at radius 3 is 2.45 bits per heavy atom. The summed E-state index contributed by atoms with van der Waals surface area (Å²) in [5.41, 5.74) is -0.233. The first-order chi connectivity index (χ1) is 9.49. The zero-order valence-electron chi connectivity index (χ0n) is 11.9. The zero-order valence-corrected chi connectivity index (χ0v) is 12.7. The largest absolute Gasteiger partial charge is 0.383 e. The second-order valence-corrected chi connectivity index (χ2v) is 5.82. The molecule has 1 amide bonds. The van der Waals surface area contributed by atoms with Crippen LogP contribution in [0.25, 0.3) is 0 Å². The normalized spacial score (nSPS) is 12.1. The summed E-state index contributed by atoms with van der Waals surface area (Å²) in [7, 11) is 1.43. The van der Waals surface area contributed by atoms with Gasteiger partial charge in [-0.2, -0.15) is 11.8 Å². The van der Waals surface area contributed by atoms with Crippen LogP contribution in [0.1, 0.15) is 30.6 Å². The Kier molecular flexibility index (Phi) is 6.78. The van der Waals surface area contributed by atoms with Crippen molar-refractivity contribution in [2.75, 3.05) is 23.9 Å². The summed E-state index contributed by atoms with van der Waals surface area (Å²) >= 11 is 1.79. The van der Waals surface area contributed by atoms with Gasteiger partial charge in [0.15, 0.2) is 0 Å². The zero-order chi connectivity index (χ0) is 15.1. The molecule has 0 aliphatic rings. The molecule has 1 unspecified atom stereocenters. The maximum Gasteiger partial charge on any atom is 0.251 e. The number of hydrogen-bond acceptors (Lipinski definition) is 3. The lowest BCUT2D eigenvalue weighted by molar-refractivity contribution is 0.0938. The van der Waals surface area contributed by atoms with Crippen LogP contribution in [0.5, 0.6) is 0 Å². The molecule has 0 heterocycles. The maximum absolute atomic E-state index is 13.6. The minimum Gasteiger partial charge on any atom is -0.383 e. The summed E-state index contributed by atoms with van der Waals surface area (Å²) in [6, 6.07) is 2.05. The number of thioether (sulfide) groups is 1. The third-order valence-corrected chi connectivity index (χ3v) is 3.76. The molecular formula is C14H20F2N2OS. The van der Waals surface area contributed by atoms with Crippen molar-refractivity contribution >= 4 is 23.4 Å². The molecule has 1 rings (SSSR count). The van der Waals surface area contributed by atoms with Crippen molar-refractivity contribution in [2.24, 2.45) is 0 Å². The number of carbonyl (C=O) groups excluding carboxylic acids is 1. The van der Waals surface area contributed by atoms with Crippen LogP contribution in [-0.4, -0.2) is 30.5 Å². The van der Waals surface area contributed by atoms with Crippen LogP contribution in [-0.2, 0) is 0 Å². The topological polar surface area (TPSA) is 41.1 Å². The van der Waals surface area contributed by atoms with Crippen molar-refractivity contribution in [3.8, 4) is 0 Å². The van der Waals surface area contributed by atoms with Crippen LogP contribution < -0.4 is 10.6 Å². The van der Waals surface area contributed by atoms with Gasteiger partial charge in [-0.15, -0.1) is 0 Å². The van der Waals surface area contributed by atoms with E-state index >= 15 is 0 Å². The summed E-state index contributed by atoms with van der Waals surface area (Å²) in [6.07, 6.45) is 0.823. The van der Waals surface area contributed by atoms with Gasteiger partial charge in [-0.3, -0.25) is 4.79 Å². The highest BCUT2D eigenvalue weighted by Crippen LogP contribution is 2.20. The van der Waals surface area contributed by atoms with Crippen LogP contribution >= 0.6 is 11.8 Å². The summed E-state index contributed by atoms with van der Waals surface area (Å²) in [5.74, 6) is -0.0276. The predicted molar refractivity (Wildman–Crippen MR) is 80.4 cm³/mol. The van der Waals surface area contributed by atoms with Gasteiger partial charge >= 0.3 is 0 Å². The van der Waals surface area contributed by atoms with Gasteiger partial charge in [0.25, 0.3) is 5.91 Å². The number of carbonyl (C=O) groups is 1. The van der Waals surface area contributed by atoms with Gasteiger partial charge in [-0.25, -0.2) is 8.78 Å². The van der Waals surface area contributed by atoms with Crippen molar-refractivity contribution in [3.63, 3.8) is 0 Å². The Morgan fingerprint density at radius 2 is 1.95 bits per heavy atom. The molecule has 1 aromatic carbocycles. The molecule has 0 aliphatic carbocycles. The average molecular weight is 302 g/mol. The first-order valence-corrected chi connectivity index (χ1v) is 7.70. The minimum absolute atomic E-state index is 0.00556. The van der Waals surface area contributed by atoms with Crippen molar-refractivity contribution in [1.82, 2.24) is 5.32 Å². The van der Waals surface area contributed by atoms with Crippen LogP contribution in [0.4, 0.5) is 14.5 Å². The minimum atomic E-state index is -0.771. The van der Waals surface area contributed by atoms with E-state index in [-0.39, 0.29) is 17.3 Å². The highest BCUT2D eigenvalue weighted by atomic mass is 32.2. The van der Waals surface area contributed by atoms with E-state index in [9.17, 15) is 13.6 Å². The molecule has 0 radical (unpaired) electrons. The van der Waals surface area contributed by atoms with Gasteiger partial charge in [-0.1, -0.05) is 6.92 Å². The molecule has 1 atom stereocenters. The average Bonchev–Trinajstić information content (AvgIpc) is 2.38. The number of halogens is 2. The summed E-state index contributed by atoms with van der Waals surface area (Å²) in [5, 5.41) is 5.16. The Morgan fingerprint density at radius 1 is 1.35 bits per heavy atom. The molecule has 3 nitrogen and oxygen atoms in total. The number of nitrogens with one attached hydrogen (secondary N) is 2. The Bertz CT molecular complexity index is 445. The number of anilines is 1. The van der Waals surface area contributed by atoms with Gasteiger partial charge in [0.05, 0.1) is 0 Å². The Labute approximate surface area is 122 Å². The van der Waals surface area contributed by atoms with Gasteiger partial charge < -0.3 is 10.6 Å². The van der Waals surface area contributed by atoms with E-state index in [1.54, 1.807) is 11.8 Å². The molecule has 20 heavy (non-hydrogen) atoms. The molecule has 0 spiro atoms. The van der Waals surface area contributed by atoms with Crippen LogP contribution in [0, 0.1) is 11.6 Å². The maximum atomic E-state index is 13.6. The highest BCUT2D eigenvalue weighted by molar-refractivity contribution is 7.99. The van der Waals surface area contributed by atoms with E-state index in [1.807, 2.05) is 6.92 Å². The smallest absolute Gasteiger partial charge is 0.251 e. The Hall–Kier alpha value is -1.30. The lowest BCUT2D eigenvalue weighted by Crippen LogP contribution is -2.33. The van der Waals surface area contributed by atoms with Crippen molar-refractivity contribution < 1.29 is 13.6 Å². The fourth-order valence-corrected chi connectivity index (χ4v) is 2.54. The molecule has 2 N–H and O–H groups in total. The lowest BCUT2D eigenvalue weighted by Gasteiger charge is -2.14. The van der Waals surface area contributed by atoms with Crippen LogP contribution in [0.3, 0.4) is 0 Å². The van der Waals surface area contributed by atoms with Gasteiger partial charge in [-0.05, 0) is 37.0 Å². The van der Waals surface area contributed by atoms with Crippen molar-refractivity contribution in [1.29, 1.82) is 0 Å². The number of hydrogen-bond donors (Lipinski definition) is 2. The Balaban J connectivity index is 2.68. The number of benzene rings is 1. The first kappa shape index (κ1) is 16.8. The first-order valence-electron chi connectivity index (χ1n) is 6.55. The monoisotopic (exact) mass is 302 g/mol. The third kappa shape index (κ3) is 4.67. The van der Waals surface area contributed by atoms with Crippen molar-refractivity contribution in [3.05, 3.63) is 29.3 Å². The van der Waals surface area contributed by atoms with E-state index in [2.05, 4.69) is 17.6 Å². The van der Waals surface area contributed by atoms with E-state index in [0.29, 0.717) is 0 Å². The third-order valence-electron chi connectivity index (χ3n) is 2.83. The summed E-state index contributed by atoms with van der Waals surface area (Å²) in [6.45, 7) is 3.95. The molecular weight excluding hydrogens is 282 g/mol. The van der Waals surface area contributed by atoms with Crippen LogP contribution in [0.2, 0.25) is 0 Å². The molecule has 0 saturated carbocycles. The summed E-state index contributed by atoms with van der Waals surface area (Å²) in [4.78, 5) is 11.9. The van der Waals surface area contributed by atoms with E-state index in [0.717, 1.165) is 30.1 Å². The molecule has 0 aromatic heterocycles. The second-order valence-electron chi connectivity index (χ2n) is 4.43. The SMILES string of the molecule is CCSCCC(C)NC(=O)c1cc(F)c(NC)c(F)c1. The van der Waals surface area contributed by atoms with Gasteiger partial charge in [0.2, 0.25) is 0 Å². The fraction of sp³-hybridized carbons (Fsp3) is 0.500. The van der Waals surface area contributed by atoms with Crippen LogP contribution in [0.15, 0.2) is 12.1 Å². The number of amides is 1. The van der Waals surface area contributed by atoms with E-state index in [1.165, 1.54) is 7.05 Å². The molecule has 6 heteroatoms. The molecule has 0 fully saturated rings. The molecule has 0 aliphatic heterocycles. The van der Waals surface area contributed by atoms with E-state index in [4.69, 9.17) is 0 Å². The number of rotatable bonds is 7. The van der Waals surface area contributed by atoms with Crippen molar-refractivity contribution in [2.45, 2.75) is 26.3 Å². The molecule has 0 saturated heterocycles. The molecule has 0 bridgehead atoms. The predicted octanol–water partition coefficient (Wildman–Crippen LogP) is 3.27. The van der Waals surface area contributed by atoms with Gasteiger partial charge in [0.1, 0.15) is 17.3 Å². The van der Waals surface area contributed by atoms with Gasteiger partial charge in [0, 0.05) is 18.7 Å². The lowest BCUT2D eigenvalue weighted by atomic mass is 10.1. The quantitative estimate of drug-likeness (QED) is 0.760. The van der Waals surface area contributed by atoms with E-state index < -0.39 is 17.5 Å². The molecule has 112 valence electrons. The molecule has 1 aromatic rings. The highest BCUT2D eigenvalue weighted by Gasteiger charge is 2.15. The second kappa shape index (κ2) is 8.09. The summed E-state index contributed by atoms with van der Waals surface area (Å²) < 4.78 is 27.1.